The molecule has 1 unspecified atom stereocenters. The molecule has 1 aromatic heterocycles. The molecule has 2 heterocycles. The first kappa shape index (κ1) is 26.0. The van der Waals surface area contributed by atoms with E-state index in [0.717, 1.165) is 6.42 Å². The van der Waals surface area contributed by atoms with Crippen molar-refractivity contribution in [3.8, 4) is 11.5 Å². The first-order chi connectivity index (χ1) is 17.9. The highest BCUT2D eigenvalue weighted by atomic mass is 16.5. The highest BCUT2D eigenvalue weighted by Gasteiger charge is 2.45. The number of amides is 1. The maximum Gasteiger partial charge on any atom is 0.295 e. The number of aryl methyl sites for hydroxylation is 1. The molecule has 0 saturated carbocycles. The van der Waals surface area contributed by atoms with Gasteiger partial charge in [-0.2, -0.15) is 0 Å². The lowest BCUT2D eigenvalue weighted by Crippen LogP contribution is -2.31. The number of Topliss-reactive ketones (excluding diaryl/α,β-unsaturated/α-hetero) is 1. The van der Waals surface area contributed by atoms with Crippen molar-refractivity contribution in [2.75, 3.05) is 20.3 Å². The number of nitrogens with zero attached hydrogens (tertiary/aromatic N) is 3. The molecular weight excluding hydrogens is 470 g/mol. The second-order valence-corrected chi connectivity index (χ2v) is 9.48. The Morgan fingerprint density at radius 1 is 1.08 bits per heavy atom. The SMILES string of the molecule is COc1ccc(/C(O)=C2\C(=O)C(=O)N(CCCn3ccnc3)C2c2cccc(OCCC(C)C)c2)cc1. The normalized spacial score (nSPS) is 17.0. The average molecular weight is 504 g/mol. The molecule has 0 bridgehead atoms. The van der Waals surface area contributed by atoms with Gasteiger partial charge in [0.15, 0.2) is 0 Å². The van der Waals surface area contributed by atoms with E-state index in [1.165, 1.54) is 0 Å². The maximum atomic E-state index is 13.3. The van der Waals surface area contributed by atoms with E-state index in [1.54, 1.807) is 48.8 Å². The van der Waals surface area contributed by atoms with Crippen molar-refractivity contribution in [3.63, 3.8) is 0 Å². The van der Waals surface area contributed by atoms with Crippen LogP contribution in [0.4, 0.5) is 0 Å². The largest absolute Gasteiger partial charge is 0.507 e. The number of rotatable bonds is 11. The lowest BCUT2D eigenvalue weighted by Gasteiger charge is -2.26. The zero-order chi connectivity index (χ0) is 26.4. The number of aliphatic hydroxyl groups excluding tert-OH is 1. The fraction of sp³-hybridized carbons (Fsp3) is 0.345. The third kappa shape index (κ3) is 6.02. The molecule has 4 rings (SSSR count). The van der Waals surface area contributed by atoms with E-state index >= 15 is 0 Å². The number of likely N-dealkylation sites (tertiary alicyclic amines) is 1. The second-order valence-electron chi connectivity index (χ2n) is 9.48. The molecule has 0 spiro atoms. The summed E-state index contributed by atoms with van der Waals surface area (Å²) in [7, 11) is 1.56. The van der Waals surface area contributed by atoms with Crippen LogP contribution < -0.4 is 9.47 Å². The van der Waals surface area contributed by atoms with Crippen LogP contribution in [-0.4, -0.2) is 51.5 Å². The molecule has 8 heteroatoms. The first-order valence-electron chi connectivity index (χ1n) is 12.5. The Morgan fingerprint density at radius 3 is 2.54 bits per heavy atom. The molecule has 1 N–H and O–H groups in total. The number of aliphatic hydroxyl groups is 1. The standard InChI is InChI=1S/C29H33N3O5/c1-20(2)12-17-37-24-7-4-6-22(18-24)26-25(27(33)21-8-10-23(36-3)11-9-21)28(34)29(35)32(26)15-5-14-31-16-13-30-19-31/h4,6-11,13,16,18-20,26,33H,5,12,14-15,17H2,1-3H3/b27-25+. The molecule has 1 fully saturated rings. The Morgan fingerprint density at radius 2 is 1.86 bits per heavy atom. The molecule has 1 atom stereocenters. The number of benzene rings is 2. The fourth-order valence-corrected chi connectivity index (χ4v) is 4.39. The van der Waals surface area contributed by atoms with E-state index in [-0.39, 0.29) is 11.3 Å². The minimum Gasteiger partial charge on any atom is -0.507 e. The van der Waals surface area contributed by atoms with E-state index in [2.05, 4.69) is 18.8 Å². The molecule has 1 saturated heterocycles. The Hall–Kier alpha value is -4.07. The number of ketones is 1. The van der Waals surface area contributed by atoms with Crippen molar-refractivity contribution in [3.05, 3.63) is 84.0 Å². The average Bonchev–Trinajstić information content (AvgIpc) is 3.50. The van der Waals surface area contributed by atoms with Crippen molar-refractivity contribution >= 4 is 17.4 Å². The summed E-state index contributed by atoms with van der Waals surface area (Å²) in [4.78, 5) is 32.1. The summed E-state index contributed by atoms with van der Waals surface area (Å²) in [5.41, 5.74) is 1.21. The summed E-state index contributed by atoms with van der Waals surface area (Å²) in [6, 6.07) is 13.4. The van der Waals surface area contributed by atoms with Crippen molar-refractivity contribution < 1.29 is 24.2 Å². The Bertz CT molecular complexity index is 1250. The minimum atomic E-state index is -0.737. The van der Waals surface area contributed by atoms with Gasteiger partial charge in [-0.05, 0) is 60.7 Å². The number of ether oxygens (including phenoxy) is 2. The molecule has 1 aliphatic rings. The number of imidazole rings is 1. The van der Waals surface area contributed by atoms with Crippen LogP contribution in [-0.2, 0) is 16.1 Å². The van der Waals surface area contributed by atoms with Crippen LogP contribution in [0.15, 0.2) is 72.8 Å². The summed E-state index contributed by atoms with van der Waals surface area (Å²) in [6.07, 6.45) is 6.80. The monoisotopic (exact) mass is 503 g/mol. The zero-order valence-electron chi connectivity index (χ0n) is 21.5. The topological polar surface area (TPSA) is 93.9 Å². The molecule has 2 aromatic carbocycles. The van der Waals surface area contributed by atoms with Crippen molar-refractivity contribution in [1.29, 1.82) is 0 Å². The molecule has 1 aliphatic heterocycles. The number of carbonyl (C=O) groups is 2. The lowest BCUT2D eigenvalue weighted by molar-refractivity contribution is -0.139. The van der Waals surface area contributed by atoms with Gasteiger partial charge in [-0.15, -0.1) is 0 Å². The predicted molar refractivity (Wildman–Crippen MR) is 140 cm³/mol. The van der Waals surface area contributed by atoms with Gasteiger partial charge in [0.2, 0.25) is 0 Å². The zero-order valence-corrected chi connectivity index (χ0v) is 21.5. The molecule has 3 aromatic rings. The van der Waals surface area contributed by atoms with Gasteiger partial charge in [-0.3, -0.25) is 9.59 Å². The fourth-order valence-electron chi connectivity index (χ4n) is 4.39. The minimum absolute atomic E-state index is 0.0668. The Balaban J connectivity index is 1.69. The number of carbonyl (C=O) groups excluding carboxylic acids is 2. The van der Waals surface area contributed by atoms with Crippen LogP contribution in [0.2, 0.25) is 0 Å². The van der Waals surface area contributed by atoms with Crippen LogP contribution in [0.25, 0.3) is 5.76 Å². The number of hydrogen-bond donors (Lipinski definition) is 1. The summed E-state index contributed by atoms with van der Waals surface area (Å²) >= 11 is 0. The van der Waals surface area contributed by atoms with Crippen LogP contribution in [0.1, 0.15) is 43.9 Å². The van der Waals surface area contributed by atoms with Crippen molar-refractivity contribution in [2.24, 2.45) is 5.92 Å². The van der Waals surface area contributed by atoms with E-state index in [0.29, 0.717) is 54.7 Å². The van der Waals surface area contributed by atoms with Crippen molar-refractivity contribution in [1.82, 2.24) is 14.5 Å². The van der Waals surface area contributed by atoms with Gasteiger partial charge < -0.3 is 24.0 Å². The molecule has 1 amide bonds. The summed E-state index contributed by atoms with van der Waals surface area (Å²) in [5.74, 6) is 0.249. The van der Waals surface area contributed by atoms with Gasteiger partial charge in [0.1, 0.15) is 17.3 Å². The van der Waals surface area contributed by atoms with Gasteiger partial charge in [0, 0.05) is 31.0 Å². The predicted octanol–water partition coefficient (Wildman–Crippen LogP) is 4.83. The van der Waals surface area contributed by atoms with Gasteiger partial charge in [-0.1, -0.05) is 26.0 Å². The summed E-state index contributed by atoms with van der Waals surface area (Å²) < 4.78 is 13.1. The van der Waals surface area contributed by atoms with E-state index in [4.69, 9.17) is 9.47 Å². The molecular formula is C29H33N3O5. The first-order valence-corrected chi connectivity index (χ1v) is 12.5. The maximum absolute atomic E-state index is 13.3. The highest BCUT2D eigenvalue weighted by molar-refractivity contribution is 6.46. The van der Waals surface area contributed by atoms with Gasteiger partial charge in [0.25, 0.3) is 11.7 Å². The van der Waals surface area contributed by atoms with E-state index in [1.807, 2.05) is 35.0 Å². The van der Waals surface area contributed by atoms with Gasteiger partial charge >= 0.3 is 0 Å². The van der Waals surface area contributed by atoms with Crippen LogP contribution in [0.3, 0.4) is 0 Å². The number of hydrogen-bond acceptors (Lipinski definition) is 6. The van der Waals surface area contributed by atoms with Gasteiger partial charge in [0.05, 0.1) is 31.7 Å². The molecule has 37 heavy (non-hydrogen) atoms. The summed E-state index contributed by atoms with van der Waals surface area (Å²) in [5, 5.41) is 11.3. The second kappa shape index (κ2) is 11.8. The molecule has 0 radical (unpaired) electrons. The smallest absolute Gasteiger partial charge is 0.295 e. The highest BCUT2D eigenvalue weighted by Crippen LogP contribution is 2.40. The van der Waals surface area contributed by atoms with Crippen molar-refractivity contribution in [2.45, 2.75) is 39.3 Å². The van der Waals surface area contributed by atoms with E-state index < -0.39 is 17.7 Å². The molecule has 8 nitrogen and oxygen atoms in total. The Kier molecular flexibility index (Phi) is 8.28. The molecule has 194 valence electrons. The van der Waals surface area contributed by atoms with Crippen LogP contribution >= 0.6 is 0 Å². The molecule has 0 aliphatic carbocycles. The van der Waals surface area contributed by atoms with E-state index in [9.17, 15) is 14.7 Å². The van der Waals surface area contributed by atoms with Gasteiger partial charge in [-0.25, -0.2) is 4.98 Å². The summed E-state index contributed by atoms with van der Waals surface area (Å²) in [6.45, 7) is 5.82. The lowest BCUT2D eigenvalue weighted by atomic mass is 9.95. The van der Waals surface area contributed by atoms with Crippen LogP contribution in [0.5, 0.6) is 11.5 Å². The number of aromatic nitrogens is 2. The third-order valence-corrected chi connectivity index (χ3v) is 6.42. The number of methoxy groups -OCH3 is 1. The Labute approximate surface area is 217 Å². The van der Waals surface area contributed by atoms with Crippen LogP contribution in [0, 0.1) is 5.92 Å². The third-order valence-electron chi connectivity index (χ3n) is 6.42. The quantitative estimate of drug-likeness (QED) is 0.229.